The van der Waals surface area contributed by atoms with E-state index in [-0.39, 0.29) is 29.5 Å². The van der Waals surface area contributed by atoms with Crippen LogP contribution in [-0.2, 0) is 23.0 Å². The predicted molar refractivity (Wildman–Crippen MR) is 107 cm³/mol. The van der Waals surface area contributed by atoms with E-state index in [1.807, 2.05) is 13.8 Å². The molecule has 2 aromatic heterocycles. The second-order valence-corrected chi connectivity index (χ2v) is 7.55. The molecule has 0 saturated carbocycles. The first-order chi connectivity index (χ1) is 13.3. The maximum absolute atomic E-state index is 12.6. The van der Waals surface area contributed by atoms with Gasteiger partial charge in [-0.3, -0.25) is 9.59 Å². The molecule has 0 unspecified atom stereocenters. The summed E-state index contributed by atoms with van der Waals surface area (Å²) in [6, 6.07) is 7.04. The van der Waals surface area contributed by atoms with E-state index in [9.17, 15) is 14.4 Å². The van der Waals surface area contributed by atoms with Crippen LogP contribution in [0, 0.1) is 0 Å². The Bertz CT molecular complexity index is 1120. The number of hydrogen-bond donors (Lipinski definition) is 1. The molecule has 0 fully saturated rings. The van der Waals surface area contributed by atoms with Crippen molar-refractivity contribution in [3.05, 3.63) is 50.9 Å². The summed E-state index contributed by atoms with van der Waals surface area (Å²) in [6.07, 6.45) is -0.0290. The third-order valence-electron chi connectivity index (χ3n) is 4.16. The van der Waals surface area contributed by atoms with Gasteiger partial charge in [-0.2, -0.15) is 5.10 Å². The summed E-state index contributed by atoms with van der Waals surface area (Å²) in [7, 11) is 2.84. The highest BCUT2D eigenvalue weighted by Crippen LogP contribution is 2.30. The Morgan fingerprint density at radius 3 is 2.57 bits per heavy atom. The highest BCUT2D eigenvalue weighted by atomic mass is 32.1. The van der Waals surface area contributed by atoms with Crippen LogP contribution >= 0.6 is 11.3 Å². The zero-order valence-corrected chi connectivity index (χ0v) is 16.8. The van der Waals surface area contributed by atoms with Crippen LogP contribution in [0.15, 0.2) is 29.1 Å². The maximum atomic E-state index is 12.6. The Labute approximate surface area is 165 Å². The van der Waals surface area contributed by atoms with E-state index in [4.69, 9.17) is 4.74 Å². The van der Waals surface area contributed by atoms with Gasteiger partial charge in [0.15, 0.2) is 10.8 Å². The van der Waals surface area contributed by atoms with Gasteiger partial charge < -0.3 is 10.1 Å². The number of hydrogen-bond acceptors (Lipinski definition) is 7. The molecule has 0 aliphatic heterocycles. The summed E-state index contributed by atoms with van der Waals surface area (Å²) in [4.78, 5) is 41.6. The van der Waals surface area contributed by atoms with Crippen LogP contribution in [0.4, 0.5) is 5.13 Å². The molecule has 0 bridgehead atoms. The molecule has 0 aliphatic rings. The Morgan fingerprint density at radius 1 is 1.25 bits per heavy atom. The van der Waals surface area contributed by atoms with Crippen molar-refractivity contribution in [2.75, 3.05) is 12.4 Å². The van der Waals surface area contributed by atoms with Gasteiger partial charge >= 0.3 is 5.97 Å². The number of carbonyl (C=O) groups is 2. The molecule has 0 aliphatic carbocycles. The number of nitrogens with zero attached hydrogens (tertiary/aromatic N) is 3. The molecule has 28 heavy (non-hydrogen) atoms. The summed E-state index contributed by atoms with van der Waals surface area (Å²) < 4.78 is 5.99. The van der Waals surface area contributed by atoms with E-state index < -0.39 is 5.97 Å². The second-order valence-electron chi connectivity index (χ2n) is 6.52. The van der Waals surface area contributed by atoms with E-state index in [1.54, 1.807) is 31.3 Å². The summed E-state index contributed by atoms with van der Waals surface area (Å²) in [6.45, 7) is 3.87. The molecular formula is C19H20N4O4S. The molecule has 1 N–H and O–H groups in total. The van der Waals surface area contributed by atoms with Crippen LogP contribution in [0.3, 0.4) is 0 Å². The molecule has 0 atom stereocenters. The van der Waals surface area contributed by atoms with Gasteiger partial charge in [-0.1, -0.05) is 32.0 Å². The topological polar surface area (TPSA) is 103 Å². The second kappa shape index (κ2) is 7.89. The smallest absolute Gasteiger partial charge is 0.357 e. The fraction of sp³-hybridized carbons (Fsp3) is 0.316. The number of thiazole rings is 1. The lowest BCUT2D eigenvalue weighted by molar-refractivity contribution is -0.115. The third kappa shape index (κ3) is 3.79. The van der Waals surface area contributed by atoms with Gasteiger partial charge in [-0.15, -0.1) is 11.3 Å². The van der Waals surface area contributed by atoms with E-state index in [1.165, 1.54) is 23.1 Å². The summed E-state index contributed by atoms with van der Waals surface area (Å²) >= 11 is 1.24. The first-order valence-corrected chi connectivity index (χ1v) is 9.47. The number of aryl methyl sites for hydroxylation is 1. The van der Waals surface area contributed by atoms with E-state index >= 15 is 0 Å². The van der Waals surface area contributed by atoms with Crippen molar-refractivity contribution < 1.29 is 14.3 Å². The van der Waals surface area contributed by atoms with Gasteiger partial charge in [0.2, 0.25) is 5.91 Å². The number of nitrogens with one attached hydrogen (secondary N) is 1. The average molecular weight is 400 g/mol. The Morgan fingerprint density at radius 2 is 1.93 bits per heavy atom. The lowest BCUT2D eigenvalue weighted by Crippen LogP contribution is -2.24. The number of ether oxygens (including phenoxy) is 1. The van der Waals surface area contributed by atoms with Crippen molar-refractivity contribution in [1.29, 1.82) is 0 Å². The van der Waals surface area contributed by atoms with Gasteiger partial charge in [0.25, 0.3) is 5.56 Å². The normalized spacial score (nSPS) is 11.0. The average Bonchev–Trinajstić information content (AvgIpc) is 3.09. The van der Waals surface area contributed by atoms with Crippen LogP contribution in [-0.4, -0.2) is 33.8 Å². The number of anilines is 1. The fourth-order valence-electron chi connectivity index (χ4n) is 2.84. The van der Waals surface area contributed by atoms with Crippen LogP contribution < -0.4 is 10.9 Å². The molecular weight excluding hydrogens is 380 g/mol. The number of carbonyl (C=O) groups excluding carboxylic acids is 2. The Kier molecular flexibility index (Phi) is 5.55. The lowest BCUT2D eigenvalue weighted by Gasteiger charge is -2.07. The molecule has 3 rings (SSSR count). The molecule has 146 valence electrons. The highest BCUT2D eigenvalue weighted by Gasteiger charge is 2.22. The first-order valence-electron chi connectivity index (χ1n) is 8.65. The zero-order chi connectivity index (χ0) is 20.4. The van der Waals surface area contributed by atoms with Gasteiger partial charge in [-0.25, -0.2) is 14.5 Å². The molecule has 0 spiro atoms. The van der Waals surface area contributed by atoms with Gasteiger partial charge in [0, 0.05) is 17.3 Å². The molecule has 9 heteroatoms. The molecule has 8 nitrogen and oxygen atoms in total. The minimum absolute atomic E-state index is 0.0290. The number of esters is 1. The van der Waals surface area contributed by atoms with Crippen molar-refractivity contribution in [3.8, 4) is 0 Å². The van der Waals surface area contributed by atoms with Crippen LogP contribution in [0.25, 0.3) is 10.8 Å². The number of amides is 1. The van der Waals surface area contributed by atoms with E-state index in [0.717, 1.165) is 4.88 Å². The largest absolute Gasteiger partial charge is 0.464 e. The van der Waals surface area contributed by atoms with Crippen molar-refractivity contribution >= 4 is 39.1 Å². The molecule has 0 radical (unpaired) electrons. The van der Waals surface area contributed by atoms with Gasteiger partial charge in [-0.05, 0) is 12.0 Å². The molecule has 1 amide bonds. The highest BCUT2D eigenvalue weighted by molar-refractivity contribution is 7.16. The monoisotopic (exact) mass is 400 g/mol. The number of benzene rings is 1. The molecule has 1 aromatic carbocycles. The first kappa shape index (κ1) is 19.7. The maximum Gasteiger partial charge on any atom is 0.357 e. The lowest BCUT2D eigenvalue weighted by atomic mass is 10.1. The minimum atomic E-state index is -0.536. The predicted octanol–water partition coefficient (Wildman–Crippen LogP) is 2.48. The molecule has 0 saturated heterocycles. The van der Waals surface area contributed by atoms with Gasteiger partial charge in [0.1, 0.15) is 0 Å². The number of methoxy groups -OCH3 is 1. The summed E-state index contributed by atoms with van der Waals surface area (Å²) in [5, 5.41) is 8.41. The SMILES string of the molecule is COC(=O)c1nc(NC(=O)Cc2nn(C)c(=O)c3ccccc23)sc1C(C)C. The number of aromatic nitrogens is 3. The molecule has 2 heterocycles. The summed E-state index contributed by atoms with van der Waals surface area (Å²) in [5.74, 6) is -0.811. The van der Waals surface area contributed by atoms with Crippen LogP contribution in [0.1, 0.15) is 40.8 Å². The van der Waals surface area contributed by atoms with Gasteiger partial charge in [0.05, 0.1) is 24.6 Å². The molecule has 3 aromatic rings. The van der Waals surface area contributed by atoms with E-state index in [2.05, 4.69) is 15.4 Å². The van der Waals surface area contributed by atoms with Crippen molar-refractivity contribution in [1.82, 2.24) is 14.8 Å². The summed E-state index contributed by atoms with van der Waals surface area (Å²) in [5.41, 5.74) is 0.483. The Balaban J connectivity index is 1.88. The van der Waals surface area contributed by atoms with Crippen LogP contribution in [0.5, 0.6) is 0 Å². The number of rotatable bonds is 5. The standard InChI is InChI=1S/C19H20N4O4S/c1-10(2)16-15(18(26)27-4)21-19(28-16)20-14(24)9-13-11-7-5-6-8-12(11)17(25)23(3)22-13/h5-8,10H,9H2,1-4H3,(H,20,21,24). The zero-order valence-electron chi connectivity index (χ0n) is 16.0. The third-order valence-corrected chi connectivity index (χ3v) is 5.44. The minimum Gasteiger partial charge on any atom is -0.464 e. The Hall–Kier alpha value is -3.07. The quantitative estimate of drug-likeness (QED) is 0.660. The number of fused-ring (bicyclic) bond motifs is 1. The van der Waals surface area contributed by atoms with Crippen LogP contribution in [0.2, 0.25) is 0 Å². The van der Waals surface area contributed by atoms with E-state index in [0.29, 0.717) is 21.6 Å². The fourth-order valence-corrected chi connectivity index (χ4v) is 3.81. The van der Waals surface area contributed by atoms with Crippen molar-refractivity contribution in [2.24, 2.45) is 7.05 Å². The van der Waals surface area contributed by atoms with Crippen molar-refractivity contribution in [2.45, 2.75) is 26.2 Å². The van der Waals surface area contributed by atoms with Crippen molar-refractivity contribution in [3.63, 3.8) is 0 Å².